The van der Waals surface area contributed by atoms with Crippen LogP contribution in [0, 0.1) is 5.82 Å². The quantitative estimate of drug-likeness (QED) is 0.830. The van der Waals surface area contributed by atoms with Crippen LogP contribution < -0.4 is 5.32 Å². The number of thioether (sulfide) groups is 1. The number of anilines is 1. The van der Waals surface area contributed by atoms with E-state index < -0.39 is 11.8 Å². The van der Waals surface area contributed by atoms with Gasteiger partial charge in [0.2, 0.25) is 5.91 Å². The maximum Gasteiger partial charge on any atom is 0.354 e. The van der Waals surface area contributed by atoms with Crippen molar-refractivity contribution in [3.8, 4) is 0 Å². The van der Waals surface area contributed by atoms with E-state index in [9.17, 15) is 14.0 Å². The van der Waals surface area contributed by atoms with Gasteiger partial charge in [0.05, 0.1) is 11.4 Å². The molecule has 0 aliphatic carbocycles. The van der Waals surface area contributed by atoms with Crippen molar-refractivity contribution in [2.45, 2.75) is 4.90 Å². The first-order valence-corrected chi connectivity index (χ1v) is 6.91. The van der Waals surface area contributed by atoms with E-state index in [0.29, 0.717) is 4.90 Å². The molecule has 0 aliphatic heterocycles. The van der Waals surface area contributed by atoms with E-state index in [-0.39, 0.29) is 23.0 Å². The third-order valence-corrected chi connectivity index (χ3v) is 3.46. The molecule has 1 amide bonds. The van der Waals surface area contributed by atoms with Crippen molar-refractivity contribution in [3.63, 3.8) is 0 Å². The number of hydrogen-bond donors (Lipinski definition) is 2. The van der Waals surface area contributed by atoms with Gasteiger partial charge in [-0.15, -0.1) is 11.8 Å². The fraction of sp³-hybridized carbons (Fsp3) is 0.0714. The topological polar surface area (TPSA) is 79.3 Å². The highest BCUT2D eigenvalue weighted by molar-refractivity contribution is 8.00. The highest BCUT2D eigenvalue weighted by Gasteiger charge is 2.09. The van der Waals surface area contributed by atoms with E-state index in [1.54, 1.807) is 12.1 Å². The van der Waals surface area contributed by atoms with Gasteiger partial charge in [-0.05, 0) is 24.3 Å². The summed E-state index contributed by atoms with van der Waals surface area (Å²) in [5.74, 6) is -1.97. The Labute approximate surface area is 124 Å². The minimum atomic E-state index is -1.13. The Hall–Kier alpha value is -2.41. The number of rotatable bonds is 5. The lowest BCUT2D eigenvalue weighted by Crippen LogP contribution is -2.15. The normalized spacial score (nSPS) is 10.1. The van der Waals surface area contributed by atoms with Gasteiger partial charge in [0.1, 0.15) is 11.5 Å². The average molecular weight is 306 g/mol. The standard InChI is InChI=1S/C14H11FN2O3S/c15-10-3-1-2-4-11(10)17-13(18)8-21-9-5-6-16-12(7-9)14(19)20/h1-7H,8H2,(H,17,18)(H,19,20). The molecule has 108 valence electrons. The van der Waals surface area contributed by atoms with Gasteiger partial charge in [-0.3, -0.25) is 4.79 Å². The summed E-state index contributed by atoms with van der Waals surface area (Å²) in [4.78, 5) is 26.8. The number of hydrogen-bond acceptors (Lipinski definition) is 4. The van der Waals surface area contributed by atoms with Crippen molar-refractivity contribution in [1.29, 1.82) is 0 Å². The van der Waals surface area contributed by atoms with Crippen LogP contribution in [-0.2, 0) is 4.79 Å². The fourth-order valence-corrected chi connectivity index (χ4v) is 2.24. The summed E-state index contributed by atoms with van der Waals surface area (Å²) in [5, 5.41) is 11.3. The number of para-hydroxylation sites is 1. The lowest BCUT2D eigenvalue weighted by Gasteiger charge is -2.06. The molecule has 0 fully saturated rings. The molecule has 21 heavy (non-hydrogen) atoms. The second kappa shape index (κ2) is 6.85. The Morgan fingerprint density at radius 1 is 1.29 bits per heavy atom. The molecule has 0 radical (unpaired) electrons. The second-order valence-electron chi connectivity index (χ2n) is 4.00. The number of aromatic carboxylic acids is 1. The number of carboxylic acid groups (broad SMARTS) is 1. The van der Waals surface area contributed by atoms with Crippen molar-refractivity contribution < 1.29 is 19.1 Å². The molecule has 1 heterocycles. The van der Waals surface area contributed by atoms with E-state index in [1.165, 1.54) is 30.5 Å². The Balaban J connectivity index is 1.94. The molecule has 1 aromatic carbocycles. The molecule has 0 aliphatic rings. The Bertz CT molecular complexity index is 679. The molecule has 2 aromatic rings. The number of aromatic nitrogens is 1. The highest BCUT2D eigenvalue weighted by Crippen LogP contribution is 2.19. The molecular weight excluding hydrogens is 295 g/mol. The van der Waals surface area contributed by atoms with Gasteiger partial charge in [0.25, 0.3) is 0 Å². The number of carbonyl (C=O) groups is 2. The molecule has 5 nitrogen and oxygen atoms in total. The summed E-state index contributed by atoms with van der Waals surface area (Å²) < 4.78 is 13.4. The number of nitrogens with zero attached hydrogens (tertiary/aromatic N) is 1. The van der Waals surface area contributed by atoms with Crippen LogP contribution >= 0.6 is 11.8 Å². The molecule has 1 aromatic heterocycles. The molecular formula is C14H11FN2O3S. The third-order valence-electron chi connectivity index (χ3n) is 2.47. The number of benzene rings is 1. The van der Waals surface area contributed by atoms with Crippen molar-refractivity contribution in [1.82, 2.24) is 4.98 Å². The maximum absolute atomic E-state index is 13.4. The largest absolute Gasteiger partial charge is 0.477 e. The van der Waals surface area contributed by atoms with E-state index >= 15 is 0 Å². The highest BCUT2D eigenvalue weighted by atomic mass is 32.2. The van der Waals surface area contributed by atoms with Crippen molar-refractivity contribution >= 4 is 29.3 Å². The van der Waals surface area contributed by atoms with E-state index in [0.717, 1.165) is 11.8 Å². The summed E-state index contributed by atoms with van der Waals surface area (Å²) >= 11 is 1.15. The van der Waals surface area contributed by atoms with Crippen LogP contribution in [0.2, 0.25) is 0 Å². The minimum Gasteiger partial charge on any atom is -0.477 e. The molecule has 0 unspecified atom stereocenters. The van der Waals surface area contributed by atoms with Crippen LogP contribution in [0.25, 0.3) is 0 Å². The molecule has 2 rings (SSSR count). The summed E-state index contributed by atoms with van der Waals surface area (Å²) in [6.07, 6.45) is 1.36. The van der Waals surface area contributed by atoms with Crippen LogP contribution in [0.15, 0.2) is 47.5 Å². The van der Waals surface area contributed by atoms with Gasteiger partial charge >= 0.3 is 5.97 Å². The van der Waals surface area contributed by atoms with Crippen LogP contribution in [0.1, 0.15) is 10.5 Å². The summed E-state index contributed by atoms with van der Waals surface area (Å²) in [5.41, 5.74) is 0.0264. The number of halogens is 1. The SMILES string of the molecule is O=C(CSc1ccnc(C(=O)O)c1)Nc1ccccc1F. The van der Waals surface area contributed by atoms with Crippen LogP contribution in [0.5, 0.6) is 0 Å². The number of carboxylic acids is 1. The molecule has 0 saturated heterocycles. The molecule has 0 atom stereocenters. The van der Waals surface area contributed by atoms with Gasteiger partial charge in [-0.1, -0.05) is 12.1 Å². The van der Waals surface area contributed by atoms with Crippen LogP contribution in [0.3, 0.4) is 0 Å². The van der Waals surface area contributed by atoms with E-state index in [1.807, 2.05) is 0 Å². The Morgan fingerprint density at radius 3 is 2.76 bits per heavy atom. The van der Waals surface area contributed by atoms with Gasteiger partial charge in [0.15, 0.2) is 0 Å². The summed E-state index contributed by atoms with van der Waals surface area (Å²) in [6.45, 7) is 0. The minimum absolute atomic E-state index is 0.0391. The predicted molar refractivity (Wildman–Crippen MR) is 77.0 cm³/mol. The first-order valence-electron chi connectivity index (χ1n) is 5.93. The number of pyridine rings is 1. The zero-order valence-corrected chi connectivity index (χ0v) is 11.6. The fourth-order valence-electron chi connectivity index (χ4n) is 1.52. The molecule has 0 bridgehead atoms. The van der Waals surface area contributed by atoms with Crippen LogP contribution in [0.4, 0.5) is 10.1 Å². The summed E-state index contributed by atoms with van der Waals surface area (Å²) in [7, 11) is 0. The van der Waals surface area contributed by atoms with Crippen molar-refractivity contribution in [2.75, 3.05) is 11.1 Å². The van der Waals surface area contributed by atoms with Crippen molar-refractivity contribution in [2.24, 2.45) is 0 Å². The van der Waals surface area contributed by atoms with Crippen LogP contribution in [-0.4, -0.2) is 27.7 Å². The van der Waals surface area contributed by atoms with Gasteiger partial charge in [-0.25, -0.2) is 14.2 Å². The molecule has 7 heteroatoms. The molecule has 0 saturated carbocycles. The van der Waals surface area contributed by atoms with E-state index in [2.05, 4.69) is 10.3 Å². The van der Waals surface area contributed by atoms with Gasteiger partial charge < -0.3 is 10.4 Å². The first-order chi connectivity index (χ1) is 10.1. The first kappa shape index (κ1) is 15.0. The Morgan fingerprint density at radius 2 is 2.05 bits per heavy atom. The third kappa shape index (κ3) is 4.28. The zero-order valence-electron chi connectivity index (χ0n) is 10.7. The molecule has 2 N–H and O–H groups in total. The lowest BCUT2D eigenvalue weighted by atomic mass is 10.3. The zero-order chi connectivity index (χ0) is 15.2. The number of nitrogens with one attached hydrogen (secondary N) is 1. The summed E-state index contributed by atoms with van der Waals surface area (Å²) in [6, 6.07) is 8.85. The lowest BCUT2D eigenvalue weighted by molar-refractivity contribution is -0.113. The smallest absolute Gasteiger partial charge is 0.354 e. The molecule has 0 spiro atoms. The predicted octanol–water partition coefficient (Wildman–Crippen LogP) is 2.65. The second-order valence-corrected chi connectivity index (χ2v) is 5.05. The maximum atomic E-state index is 13.4. The van der Waals surface area contributed by atoms with Crippen molar-refractivity contribution in [3.05, 3.63) is 54.1 Å². The monoisotopic (exact) mass is 306 g/mol. The number of amides is 1. The average Bonchev–Trinajstić information content (AvgIpc) is 2.48. The number of carbonyl (C=O) groups excluding carboxylic acids is 1. The van der Waals surface area contributed by atoms with Gasteiger partial charge in [0, 0.05) is 11.1 Å². The van der Waals surface area contributed by atoms with E-state index in [4.69, 9.17) is 5.11 Å². The van der Waals surface area contributed by atoms with Gasteiger partial charge in [-0.2, -0.15) is 0 Å². The Kier molecular flexibility index (Phi) is 4.89.